The number of azo groups is 1. The van der Waals surface area contributed by atoms with Crippen molar-refractivity contribution in [2.24, 2.45) is 10.2 Å². The van der Waals surface area contributed by atoms with Crippen LogP contribution in [0, 0.1) is 20.2 Å². The summed E-state index contributed by atoms with van der Waals surface area (Å²) in [6, 6.07) is 21.3. The zero-order valence-electron chi connectivity index (χ0n) is 17.2. The lowest BCUT2D eigenvalue weighted by atomic mass is 10.2. The Morgan fingerprint density at radius 2 is 1.38 bits per heavy atom. The van der Waals surface area contributed by atoms with Crippen LogP contribution < -0.4 is 0 Å². The lowest BCUT2D eigenvalue weighted by molar-refractivity contribution is -0.385. The highest BCUT2D eigenvalue weighted by Crippen LogP contribution is 2.39. The number of non-ortho nitro benzene ring substituents is 2. The van der Waals surface area contributed by atoms with Gasteiger partial charge in [0, 0.05) is 35.4 Å². The Morgan fingerprint density at radius 3 is 2.00 bits per heavy atom. The quantitative estimate of drug-likeness (QED) is 0.160. The van der Waals surface area contributed by atoms with E-state index in [9.17, 15) is 20.2 Å². The molecule has 0 saturated carbocycles. The number of benzene rings is 3. The Balaban J connectivity index is 1.56. The molecule has 0 N–H and O–H groups in total. The summed E-state index contributed by atoms with van der Waals surface area (Å²) in [5, 5.41) is 35.5. The molecule has 34 heavy (non-hydrogen) atoms. The Labute approximate surface area is 195 Å². The minimum Gasteiger partial charge on any atom is -0.258 e. The van der Waals surface area contributed by atoms with Crippen molar-refractivity contribution >= 4 is 38.4 Å². The predicted molar refractivity (Wildman–Crippen MR) is 126 cm³/mol. The lowest BCUT2D eigenvalue weighted by Gasteiger charge is -2.00. The Kier molecular flexibility index (Phi) is 5.32. The van der Waals surface area contributed by atoms with Gasteiger partial charge in [-0.2, -0.15) is 4.98 Å². The molecular formula is C22H13N7O4S. The van der Waals surface area contributed by atoms with E-state index in [0.29, 0.717) is 32.7 Å². The van der Waals surface area contributed by atoms with Gasteiger partial charge in [-0.05, 0) is 24.3 Å². The molecule has 0 aliphatic heterocycles. The van der Waals surface area contributed by atoms with Crippen LogP contribution in [0.5, 0.6) is 0 Å². The van der Waals surface area contributed by atoms with Gasteiger partial charge in [0.2, 0.25) is 4.96 Å². The minimum absolute atomic E-state index is 0.0105. The Morgan fingerprint density at radius 1 is 0.765 bits per heavy atom. The van der Waals surface area contributed by atoms with Crippen LogP contribution in [0.1, 0.15) is 0 Å². The summed E-state index contributed by atoms with van der Waals surface area (Å²) in [5.74, 6) is 0.428. The van der Waals surface area contributed by atoms with Crippen LogP contribution in [0.15, 0.2) is 89.1 Å². The molecule has 0 bridgehead atoms. The van der Waals surface area contributed by atoms with Crippen molar-refractivity contribution in [3.05, 3.63) is 99.1 Å². The van der Waals surface area contributed by atoms with Gasteiger partial charge in [-0.25, -0.2) is 4.52 Å². The SMILES string of the molecule is O=[N+]([O-])c1ccc(N=Nc2sc3nc(-c4ccc([N+](=O)[O-])cc4)nn3c2-c2ccccc2)cc1. The summed E-state index contributed by atoms with van der Waals surface area (Å²) in [7, 11) is 0. The molecule has 5 rings (SSSR count). The number of fused-ring (bicyclic) bond motifs is 1. The third-order valence-electron chi connectivity index (χ3n) is 4.88. The molecule has 0 amide bonds. The zero-order chi connectivity index (χ0) is 23.7. The summed E-state index contributed by atoms with van der Waals surface area (Å²) in [5.41, 5.74) is 2.62. The molecule has 0 aliphatic carbocycles. The van der Waals surface area contributed by atoms with Crippen LogP contribution >= 0.6 is 11.3 Å². The van der Waals surface area contributed by atoms with Gasteiger partial charge >= 0.3 is 0 Å². The molecule has 0 saturated heterocycles. The van der Waals surface area contributed by atoms with Gasteiger partial charge < -0.3 is 0 Å². The molecule has 12 heteroatoms. The highest BCUT2D eigenvalue weighted by atomic mass is 32.1. The van der Waals surface area contributed by atoms with E-state index in [4.69, 9.17) is 0 Å². The molecule has 166 valence electrons. The summed E-state index contributed by atoms with van der Waals surface area (Å²) >= 11 is 1.28. The summed E-state index contributed by atoms with van der Waals surface area (Å²) in [6.07, 6.45) is 0. The van der Waals surface area contributed by atoms with Crippen LogP contribution in [0.2, 0.25) is 0 Å². The standard InChI is InChI=1S/C22H13N7O4S/c30-28(31)17-10-6-15(7-11-17)20-23-22-27(26-20)19(14-4-2-1-3-5-14)21(34-22)25-24-16-8-12-18(13-9-16)29(32)33/h1-13H. The second-order valence-electron chi connectivity index (χ2n) is 7.03. The molecule has 0 fully saturated rings. The maximum absolute atomic E-state index is 10.9. The Hall–Kier alpha value is -4.84. The molecule has 3 aromatic carbocycles. The largest absolute Gasteiger partial charge is 0.269 e. The monoisotopic (exact) mass is 471 g/mol. The molecule has 0 atom stereocenters. The van der Waals surface area contributed by atoms with E-state index in [1.807, 2.05) is 30.3 Å². The van der Waals surface area contributed by atoms with Gasteiger partial charge in [0.15, 0.2) is 10.8 Å². The highest BCUT2D eigenvalue weighted by molar-refractivity contribution is 7.21. The van der Waals surface area contributed by atoms with Crippen LogP contribution in [0.25, 0.3) is 27.6 Å². The number of nitro benzene ring substituents is 2. The van der Waals surface area contributed by atoms with Crippen molar-refractivity contribution in [1.29, 1.82) is 0 Å². The maximum atomic E-state index is 10.9. The van der Waals surface area contributed by atoms with Crippen molar-refractivity contribution in [3.8, 4) is 22.6 Å². The van der Waals surface area contributed by atoms with E-state index in [-0.39, 0.29) is 11.4 Å². The number of nitro groups is 2. The minimum atomic E-state index is -0.475. The van der Waals surface area contributed by atoms with Crippen molar-refractivity contribution in [3.63, 3.8) is 0 Å². The first kappa shape index (κ1) is 21.0. The zero-order valence-corrected chi connectivity index (χ0v) is 18.0. The summed E-state index contributed by atoms with van der Waals surface area (Å²) in [4.78, 5) is 26.0. The number of hydrogen-bond acceptors (Lipinski definition) is 9. The van der Waals surface area contributed by atoms with Crippen LogP contribution in [0.3, 0.4) is 0 Å². The number of hydrogen-bond donors (Lipinski definition) is 0. The van der Waals surface area contributed by atoms with Gasteiger partial charge in [0.05, 0.1) is 15.5 Å². The fourth-order valence-corrected chi connectivity index (χ4v) is 4.15. The first-order chi connectivity index (χ1) is 16.5. The van der Waals surface area contributed by atoms with E-state index >= 15 is 0 Å². The van der Waals surface area contributed by atoms with Gasteiger partial charge in [-0.1, -0.05) is 41.7 Å². The summed E-state index contributed by atoms with van der Waals surface area (Å²) < 4.78 is 1.67. The molecule has 0 radical (unpaired) electrons. The van der Waals surface area contributed by atoms with Crippen LogP contribution in [-0.4, -0.2) is 24.4 Å². The van der Waals surface area contributed by atoms with E-state index < -0.39 is 9.85 Å². The molecule has 0 spiro atoms. The fraction of sp³-hybridized carbons (Fsp3) is 0. The summed E-state index contributed by atoms with van der Waals surface area (Å²) in [6.45, 7) is 0. The van der Waals surface area contributed by atoms with Gasteiger partial charge in [-0.3, -0.25) is 20.2 Å². The van der Waals surface area contributed by atoms with Crippen molar-refractivity contribution in [1.82, 2.24) is 14.6 Å². The number of thiazole rings is 1. The first-order valence-corrected chi connectivity index (χ1v) is 10.7. The van der Waals surface area contributed by atoms with Gasteiger partial charge in [-0.15, -0.1) is 15.3 Å². The van der Waals surface area contributed by atoms with E-state index in [1.54, 1.807) is 16.6 Å². The first-order valence-electron chi connectivity index (χ1n) is 9.85. The second kappa shape index (κ2) is 8.60. The average Bonchev–Trinajstić information content (AvgIpc) is 3.41. The lowest BCUT2D eigenvalue weighted by Crippen LogP contribution is -1.90. The molecule has 11 nitrogen and oxygen atoms in total. The number of rotatable bonds is 6. The number of nitrogens with zero attached hydrogens (tertiary/aromatic N) is 7. The van der Waals surface area contributed by atoms with E-state index in [2.05, 4.69) is 20.3 Å². The van der Waals surface area contributed by atoms with Crippen LogP contribution in [0.4, 0.5) is 22.1 Å². The van der Waals surface area contributed by atoms with Gasteiger partial charge in [0.25, 0.3) is 11.4 Å². The third kappa shape index (κ3) is 4.00. The van der Waals surface area contributed by atoms with Crippen molar-refractivity contribution in [2.45, 2.75) is 0 Å². The van der Waals surface area contributed by atoms with Gasteiger partial charge in [0.1, 0.15) is 5.69 Å². The highest BCUT2D eigenvalue weighted by Gasteiger charge is 2.19. The molecule has 0 unspecified atom stereocenters. The topological polar surface area (TPSA) is 141 Å². The predicted octanol–water partition coefficient (Wildman–Crippen LogP) is 6.36. The van der Waals surface area contributed by atoms with Crippen LogP contribution in [-0.2, 0) is 0 Å². The van der Waals surface area contributed by atoms with Crippen molar-refractivity contribution in [2.75, 3.05) is 0 Å². The maximum Gasteiger partial charge on any atom is 0.269 e. The van der Waals surface area contributed by atoms with E-state index in [0.717, 1.165) is 5.56 Å². The fourth-order valence-electron chi connectivity index (χ4n) is 3.24. The normalized spacial score (nSPS) is 11.3. The molecule has 2 aromatic heterocycles. The Bertz CT molecular complexity index is 1540. The van der Waals surface area contributed by atoms with E-state index in [1.165, 1.54) is 47.7 Å². The number of aromatic nitrogens is 3. The molecule has 2 heterocycles. The molecule has 0 aliphatic rings. The molecule has 5 aromatic rings. The smallest absolute Gasteiger partial charge is 0.258 e. The third-order valence-corrected chi connectivity index (χ3v) is 5.80. The molecular weight excluding hydrogens is 458 g/mol. The van der Waals surface area contributed by atoms with Crippen molar-refractivity contribution < 1.29 is 9.85 Å². The second-order valence-corrected chi connectivity index (χ2v) is 7.99. The average molecular weight is 471 g/mol.